The molecule has 1 saturated carbocycles. The number of nitrogens with zero attached hydrogens (tertiary/aromatic N) is 1. The molecule has 1 spiro atoms. The van der Waals surface area contributed by atoms with Crippen LogP contribution in [0, 0.1) is 5.41 Å². The van der Waals surface area contributed by atoms with Crippen LogP contribution in [0.3, 0.4) is 0 Å². The minimum absolute atomic E-state index is 0.0747. The van der Waals surface area contributed by atoms with Crippen molar-refractivity contribution in [2.75, 3.05) is 20.1 Å². The molecule has 0 N–H and O–H groups in total. The van der Waals surface area contributed by atoms with Crippen molar-refractivity contribution in [2.45, 2.75) is 38.5 Å². The van der Waals surface area contributed by atoms with Gasteiger partial charge < -0.3 is 4.90 Å². The lowest BCUT2D eigenvalue weighted by Crippen LogP contribution is -2.47. The largest absolute Gasteiger partial charge is 0.305 e. The minimum Gasteiger partial charge on any atom is -0.305 e. The number of ketones is 1. The number of Topliss-reactive ketones (excluding diaryl/α,β-unsaturated/α-hetero) is 1. The van der Waals surface area contributed by atoms with Gasteiger partial charge in [0.2, 0.25) is 0 Å². The van der Waals surface area contributed by atoms with Gasteiger partial charge in [0.15, 0.2) is 0 Å². The minimum atomic E-state index is 0.0747. The quantitative estimate of drug-likeness (QED) is 0.568. The van der Waals surface area contributed by atoms with Crippen molar-refractivity contribution in [2.24, 2.45) is 5.41 Å². The van der Waals surface area contributed by atoms with Gasteiger partial charge >= 0.3 is 0 Å². The lowest BCUT2D eigenvalue weighted by Gasteiger charge is -2.42. The van der Waals surface area contributed by atoms with Gasteiger partial charge in [0.25, 0.3) is 0 Å². The summed E-state index contributed by atoms with van der Waals surface area (Å²) < 4.78 is 0. The molecule has 1 aliphatic carbocycles. The van der Waals surface area contributed by atoms with Gasteiger partial charge in [-0.3, -0.25) is 4.79 Å². The van der Waals surface area contributed by atoms with Crippen LogP contribution in [0.15, 0.2) is 0 Å². The SMILES string of the molecule is CN1CCC[C@@]2(CCCCC2=O)C1. The molecule has 2 fully saturated rings. The molecule has 74 valence electrons. The molecule has 1 aliphatic heterocycles. The maximum atomic E-state index is 11.9. The standard InChI is InChI=1S/C11H19NO/c1-12-8-4-7-11(9-12)6-3-2-5-10(11)13/h2-9H2,1H3/t11-/m0/s1. The normalized spacial score (nSPS) is 36.8. The molecular weight excluding hydrogens is 162 g/mol. The molecule has 0 aromatic heterocycles. The second-order valence-electron chi connectivity index (χ2n) is 4.75. The van der Waals surface area contributed by atoms with Crippen LogP contribution < -0.4 is 0 Å². The summed E-state index contributed by atoms with van der Waals surface area (Å²) in [5.74, 6) is 0.547. The van der Waals surface area contributed by atoms with E-state index in [1.165, 1.54) is 19.4 Å². The molecule has 1 heterocycles. The van der Waals surface area contributed by atoms with Crippen LogP contribution in [0.5, 0.6) is 0 Å². The lowest BCUT2D eigenvalue weighted by molar-refractivity contribution is -0.134. The third-order valence-electron chi connectivity index (χ3n) is 3.67. The van der Waals surface area contributed by atoms with Crippen molar-refractivity contribution >= 4 is 5.78 Å². The van der Waals surface area contributed by atoms with Crippen molar-refractivity contribution in [1.29, 1.82) is 0 Å². The predicted molar refractivity (Wildman–Crippen MR) is 52.6 cm³/mol. The van der Waals surface area contributed by atoms with Crippen LogP contribution >= 0.6 is 0 Å². The summed E-state index contributed by atoms with van der Waals surface area (Å²) in [6, 6.07) is 0. The first kappa shape index (κ1) is 9.20. The zero-order chi connectivity index (χ0) is 9.31. The van der Waals surface area contributed by atoms with Gasteiger partial charge in [0.05, 0.1) is 0 Å². The zero-order valence-corrected chi connectivity index (χ0v) is 8.51. The summed E-state index contributed by atoms with van der Waals surface area (Å²) in [6.45, 7) is 2.20. The zero-order valence-electron chi connectivity index (χ0n) is 8.51. The van der Waals surface area contributed by atoms with Crippen LogP contribution in [0.2, 0.25) is 0 Å². The lowest BCUT2D eigenvalue weighted by atomic mass is 9.68. The molecule has 0 unspecified atom stereocenters. The summed E-state index contributed by atoms with van der Waals surface area (Å²) in [5.41, 5.74) is 0.0747. The number of hydrogen-bond donors (Lipinski definition) is 0. The molecule has 2 heteroatoms. The Morgan fingerprint density at radius 3 is 2.69 bits per heavy atom. The molecule has 2 nitrogen and oxygen atoms in total. The highest BCUT2D eigenvalue weighted by Gasteiger charge is 2.41. The Morgan fingerprint density at radius 2 is 2.00 bits per heavy atom. The Balaban J connectivity index is 2.11. The Bertz CT molecular complexity index is 210. The molecule has 0 radical (unpaired) electrons. The Labute approximate surface area is 80.3 Å². The highest BCUT2D eigenvalue weighted by molar-refractivity contribution is 5.85. The summed E-state index contributed by atoms with van der Waals surface area (Å²) in [5, 5.41) is 0. The fourth-order valence-corrected chi connectivity index (χ4v) is 2.95. The molecular formula is C11H19NO. The van der Waals surface area contributed by atoms with E-state index in [2.05, 4.69) is 11.9 Å². The number of carbonyl (C=O) groups is 1. The van der Waals surface area contributed by atoms with E-state index < -0.39 is 0 Å². The van der Waals surface area contributed by atoms with E-state index in [4.69, 9.17) is 0 Å². The predicted octanol–water partition coefficient (Wildman–Crippen LogP) is 1.84. The fourth-order valence-electron chi connectivity index (χ4n) is 2.95. The van der Waals surface area contributed by atoms with Crippen molar-refractivity contribution in [3.05, 3.63) is 0 Å². The third-order valence-corrected chi connectivity index (χ3v) is 3.67. The topological polar surface area (TPSA) is 20.3 Å². The summed E-state index contributed by atoms with van der Waals surface area (Å²) >= 11 is 0. The van der Waals surface area contributed by atoms with Crippen LogP contribution in [0.4, 0.5) is 0 Å². The number of hydrogen-bond acceptors (Lipinski definition) is 2. The molecule has 0 aromatic rings. The van der Waals surface area contributed by atoms with Crippen LogP contribution in [-0.4, -0.2) is 30.8 Å². The van der Waals surface area contributed by atoms with Crippen LogP contribution in [-0.2, 0) is 4.79 Å². The van der Waals surface area contributed by atoms with E-state index >= 15 is 0 Å². The molecule has 1 saturated heterocycles. The van der Waals surface area contributed by atoms with Gasteiger partial charge in [-0.1, -0.05) is 6.42 Å². The molecule has 0 aromatic carbocycles. The monoisotopic (exact) mass is 181 g/mol. The Morgan fingerprint density at radius 1 is 1.23 bits per heavy atom. The maximum absolute atomic E-state index is 11.9. The number of likely N-dealkylation sites (tertiary alicyclic amines) is 1. The summed E-state index contributed by atoms with van der Waals surface area (Å²) in [4.78, 5) is 14.2. The van der Waals surface area contributed by atoms with Crippen molar-refractivity contribution in [3.8, 4) is 0 Å². The van der Waals surface area contributed by atoms with E-state index in [-0.39, 0.29) is 5.41 Å². The molecule has 0 bridgehead atoms. The maximum Gasteiger partial charge on any atom is 0.140 e. The van der Waals surface area contributed by atoms with Gasteiger partial charge in [0.1, 0.15) is 5.78 Å². The van der Waals surface area contributed by atoms with E-state index in [9.17, 15) is 4.79 Å². The van der Waals surface area contributed by atoms with E-state index in [1.807, 2.05) is 0 Å². The van der Waals surface area contributed by atoms with Gasteiger partial charge in [-0.25, -0.2) is 0 Å². The van der Waals surface area contributed by atoms with E-state index in [0.717, 1.165) is 32.2 Å². The van der Waals surface area contributed by atoms with Crippen LogP contribution in [0.25, 0.3) is 0 Å². The summed E-state index contributed by atoms with van der Waals surface area (Å²) in [6.07, 6.45) is 6.74. The van der Waals surface area contributed by atoms with Gasteiger partial charge in [-0.15, -0.1) is 0 Å². The van der Waals surface area contributed by atoms with Gasteiger partial charge in [0, 0.05) is 18.4 Å². The van der Waals surface area contributed by atoms with Crippen molar-refractivity contribution < 1.29 is 4.79 Å². The first-order valence-electron chi connectivity index (χ1n) is 5.45. The highest BCUT2D eigenvalue weighted by atomic mass is 16.1. The van der Waals surface area contributed by atoms with Gasteiger partial charge in [-0.2, -0.15) is 0 Å². The molecule has 13 heavy (non-hydrogen) atoms. The Hall–Kier alpha value is -0.370. The van der Waals surface area contributed by atoms with Crippen molar-refractivity contribution in [1.82, 2.24) is 4.90 Å². The number of rotatable bonds is 0. The fraction of sp³-hybridized carbons (Fsp3) is 0.909. The first-order chi connectivity index (χ1) is 6.23. The second kappa shape index (κ2) is 3.41. The highest BCUT2D eigenvalue weighted by Crippen LogP contribution is 2.40. The average Bonchev–Trinajstić information content (AvgIpc) is 2.11. The molecule has 1 atom stereocenters. The average molecular weight is 181 g/mol. The number of carbonyl (C=O) groups excluding carboxylic acids is 1. The smallest absolute Gasteiger partial charge is 0.140 e. The van der Waals surface area contributed by atoms with E-state index in [1.54, 1.807) is 0 Å². The van der Waals surface area contributed by atoms with Crippen molar-refractivity contribution in [3.63, 3.8) is 0 Å². The Kier molecular flexibility index (Phi) is 2.41. The van der Waals surface area contributed by atoms with E-state index in [0.29, 0.717) is 5.78 Å². The van der Waals surface area contributed by atoms with Crippen LogP contribution in [0.1, 0.15) is 38.5 Å². The molecule has 2 rings (SSSR count). The second-order valence-corrected chi connectivity index (χ2v) is 4.75. The first-order valence-corrected chi connectivity index (χ1v) is 5.45. The molecule has 0 amide bonds. The third kappa shape index (κ3) is 1.64. The van der Waals surface area contributed by atoms with Gasteiger partial charge in [-0.05, 0) is 39.3 Å². The summed E-state index contributed by atoms with van der Waals surface area (Å²) in [7, 11) is 2.14. The molecule has 2 aliphatic rings. The number of piperidine rings is 1.